The molecule has 1 aliphatic rings. The van der Waals surface area contributed by atoms with Crippen LogP contribution >= 0.6 is 0 Å². The second-order valence-corrected chi connectivity index (χ2v) is 3.96. The van der Waals surface area contributed by atoms with Crippen molar-refractivity contribution in [2.45, 2.75) is 6.54 Å². The second kappa shape index (κ2) is 4.14. The molecule has 4 nitrogen and oxygen atoms in total. The maximum absolute atomic E-state index is 5.69. The minimum absolute atomic E-state index is 0.521. The molecule has 1 aromatic heterocycles. The van der Waals surface area contributed by atoms with E-state index in [1.54, 1.807) is 0 Å². The molecule has 0 spiro atoms. The van der Waals surface area contributed by atoms with Crippen molar-refractivity contribution in [2.24, 2.45) is 5.73 Å². The van der Waals surface area contributed by atoms with E-state index < -0.39 is 0 Å². The van der Waals surface area contributed by atoms with Gasteiger partial charge < -0.3 is 20.2 Å². The molecule has 0 fully saturated rings. The van der Waals surface area contributed by atoms with Gasteiger partial charge in [-0.2, -0.15) is 0 Å². The molecule has 0 saturated carbocycles. The van der Waals surface area contributed by atoms with E-state index in [1.165, 1.54) is 0 Å². The molecule has 0 radical (unpaired) electrons. The Morgan fingerprint density at radius 3 is 2.76 bits per heavy atom. The summed E-state index contributed by atoms with van der Waals surface area (Å²) in [7, 11) is 0. The van der Waals surface area contributed by atoms with Crippen molar-refractivity contribution in [3.63, 3.8) is 0 Å². The third kappa shape index (κ3) is 1.76. The van der Waals surface area contributed by atoms with E-state index in [9.17, 15) is 0 Å². The normalized spacial score (nSPS) is 13.7. The van der Waals surface area contributed by atoms with Gasteiger partial charge in [0.2, 0.25) is 0 Å². The first-order valence-electron chi connectivity index (χ1n) is 5.64. The van der Waals surface area contributed by atoms with Gasteiger partial charge in [0.1, 0.15) is 13.2 Å². The highest BCUT2D eigenvalue weighted by molar-refractivity contribution is 5.70. The zero-order valence-corrected chi connectivity index (χ0v) is 9.40. The van der Waals surface area contributed by atoms with Crippen LogP contribution in [0.1, 0.15) is 5.56 Å². The zero-order valence-electron chi connectivity index (χ0n) is 9.40. The van der Waals surface area contributed by atoms with Crippen LogP contribution in [-0.2, 0) is 6.54 Å². The lowest BCUT2D eigenvalue weighted by Gasteiger charge is -2.18. The van der Waals surface area contributed by atoms with Crippen molar-refractivity contribution in [1.82, 2.24) is 4.98 Å². The SMILES string of the molecule is NCc1c[nH]cc1-c1ccc2c(c1)OCCO2. The molecule has 88 valence electrons. The van der Waals surface area contributed by atoms with Crippen molar-refractivity contribution in [3.8, 4) is 22.6 Å². The maximum Gasteiger partial charge on any atom is 0.161 e. The molecular formula is C13H14N2O2. The highest BCUT2D eigenvalue weighted by Gasteiger charge is 2.13. The Hall–Kier alpha value is -1.94. The summed E-state index contributed by atoms with van der Waals surface area (Å²) < 4.78 is 11.1. The second-order valence-electron chi connectivity index (χ2n) is 3.96. The van der Waals surface area contributed by atoms with Crippen molar-refractivity contribution >= 4 is 0 Å². The molecule has 0 aliphatic carbocycles. The van der Waals surface area contributed by atoms with Crippen LogP contribution in [0.3, 0.4) is 0 Å². The van der Waals surface area contributed by atoms with Crippen molar-refractivity contribution in [2.75, 3.05) is 13.2 Å². The number of rotatable bonds is 2. The van der Waals surface area contributed by atoms with Gasteiger partial charge in [-0.05, 0) is 23.3 Å². The predicted octanol–water partition coefficient (Wildman–Crippen LogP) is 1.91. The van der Waals surface area contributed by atoms with Crippen molar-refractivity contribution in [1.29, 1.82) is 0 Å². The minimum Gasteiger partial charge on any atom is -0.486 e. The average Bonchev–Trinajstić information content (AvgIpc) is 2.86. The summed E-state index contributed by atoms with van der Waals surface area (Å²) in [6, 6.07) is 5.96. The van der Waals surface area contributed by atoms with E-state index >= 15 is 0 Å². The van der Waals surface area contributed by atoms with Crippen LogP contribution in [-0.4, -0.2) is 18.2 Å². The lowest BCUT2D eigenvalue weighted by Crippen LogP contribution is -2.15. The van der Waals surface area contributed by atoms with Gasteiger partial charge in [-0.1, -0.05) is 6.07 Å². The number of hydrogen-bond acceptors (Lipinski definition) is 3. The molecule has 0 bridgehead atoms. The van der Waals surface area contributed by atoms with Gasteiger partial charge in [0, 0.05) is 24.5 Å². The molecular weight excluding hydrogens is 216 g/mol. The number of ether oxygens (including phenoxy) is 2. The predicted molar refractivity (Wildman–Crippen MR) is 65.1 cm³/mol. The fourth-order valence-electron chi connectivity index (χ4n) is 2.04. The van der Waals surface area contributed by atoms with E-state index in [4.69, 9.17) is 15.2 Å². The smallest absolute Gasteiger partial charge is 0.161 e. The summed E-state index contributed by atoms with van der Waals surface area (Å²) in [6.07, 6.45) is 3.87. The molecule has 17 heavy (non-hydrogen) atoms. The van der Waals surface area contributed by atoms with E-state index in [2.05, 4.69) is 4.98 Å². The highest BCUT2D eigenvalue weighted by atomic mass is 16.6. The van der Waals surface area contributed by atoms with Crippen LogP contribution in [0.25, 0.3) is 11.1 Å². The summed E-state index contributed by atoms with van der Waals surface area (Å²) in [4.78, 5) is 3.08. The topological polar surface area (TPSA) is 60.3 Å². The Morgan fingerprint density at radius 1 is 1.12 bits per heavy atom. The number of fused-ring (bicyclic) bond motifs is 1. The van der Waals surface area contributed by atoms with Gasteiger partial charge in [-0.15, -0.1) is 0 Å². The summed E-state index contributed by atoms with van der Waals surface area (Å²) in [5.74, 6) is 1.61. The number of hydrogen-bond donors (Lipinski definition) is 2. The molecule has 2 heterocycles. The van der Waals surface area contributed by atoms with E-state index in [1.807, 2.05) is 30.6 Å². The monoisotopic (exact) mass is 230 g/mol. The summed E-state index contributed by atoms with van der Waals surface area (Å²) in [6.45, 7) is 1.74. The molecule has 3 N–H and O–H groups in total. The van der Waals surface area contributed by atoms with Crippen LogP contribution in [0.4, 0.5) is 0 Å². The Labute approximate surface area is 99.4 Å². The molecule has 4 heteroatoms. The lowest BCUT2D eigenvalue weighted by atomic mass is 10.0. The van der Waals surface area contributed by atoms with Crippen LogP contribution in [0.2, 0.25) is 0 Å². The fraction of sp³-hybridized carbons (Fsp3) is 0.231. The number of H-pyrrole nitrogens is 1. The van der Waals surface area contributed by atoms with E-state index in [0.29, 0.717) is 19.8 Å². The van der Waals surface area contributed by atoms with Crippen molar-refractivity contribution in [3.05, 3.63) is 36.2 Å². The Bertz CT molecular complexity index is 534. The number of aromatic nitrogens is 1. The largest absolute Gasteiger partial charge is 0.486 e. The van der Waals surface area contributed by atoms with Crippen LogP contribution in [0.15, 0.2) is 30.6 Å². The quantitative estimate of drug-likeness (QED) is 0.828. The number of benzene rings is 1. The van der Waals surface area contributed by atoms with Crippen molar-refractivity contribution < 1.29 is 9.47 Å². The molecule has 3 rings (SSSR count). The molecule has 2 aromatic rings. The molecule has 1 aliphatic heterocycles. The Morgan fingerprint density at radius 2 is 1.94 bits per heavy atom. The molecule has 0 atom stereocenters. The average molecular weight is 230 g/mol. The number of aromatic amines is 1. The fourth-order valence-corrected chi connectivity index (χ4v) is 2.04. The van der Waals surface area contributed by atoms with Crippen LogP contribution in [0.5, 0.6) is 11.5 Å². The van der Waals surface area contributed by atoms with Crippen LogP contribution in [0, 0.1) is 0 Å². The Balaban J connectivity index is 2.04. The lowest BCUT2D eigenvalue weighted by molar-refractivity contribution is 0.171. The third-order valence-corrected chi connectivity index (χ3v) is 2.90. The molecule has 0 amide bonds. The maximum atomic E-state index is 5.69. The van der Waals surface area contributed by atoms with Gasteiger partial charge in [-0.3, -0.25) is 0 Å². The number of nitrogens with one attached hydrogen (secondary N) is 1. The zero-order chi connectivity index (χ0) is 11.7. The first-order chi connectivity index (χ1) is 8.38. The van der Waals surface area contributed by atoms with Gasteiger partial charge >= 0.3 is 0 Å². The van der Waals surface area contributed by atoms with Crippen LogP contribution < -0.4 is 15.2 Å². The van der Waals surface area contributed by atoms with Gasteiger partial charge in [0.25, 0.3) is 0 Å². The highest BCUT2D eigenvalue weighted by Crippen LogP contribution is 2.35. The molecule has 0 unspecified atom stereocenters. The first kappa shape index (κ1) is 10.2. The van der Waals surface area contributed by atoms with E-state index in [-0.39, 0.29) is 0 Å². The van der Waals surface area contributed by atoms with Gasteiger partial charge in [0.15, 0.2) is 11.5 Å². The third-order valence-electron chi connectivity index (χ3n) is 2.90. The molecule has 0 saturated heterocycles. The summed E-state index contributed by atoms with van der Waals surface area (Å²) in [5.41, 5.74) is 9.00. The molecule has 1 aromatic carbocycles. The Kier molecular flexibility index (Phi) is 2.49. The van der Waals surface area contributed by atoms with Gasteiger partial charge in [0.05, 0.1) is 0 Å². The summed E-state index contributed by atoms with van der Waals surface area (Å²) in [5, 5.41) is 0. The van der Waals surface area contributed by atoms with E-state index in [0.717, 1.165) is 28.2 Å². The minimum atomic E-state index is 0.521. The summed E-state index contributed by atoms with van der Waals surface area (Å²) >= 11 is 0. The number of nitrogens with two attached hydrogens (primary N) is 1. The standard InChI is InChI=1S/C13H14N2O2/c14-6-10-7-15-8-11(10)9-1-2-12-13(5-9)17-4-3-16-12/h1-2,5,7-8,15H,3-4,6,14H2. The first-order valence-corrected chi connectivity index (χ1v) is 5.64. The van der Waals surface area contributed by atoms with Gasteiger partial charge in [-0.25, -0.2) is 0 Å².